The number of hydrogen-bond acceptors (Lipinski definition) is 4. The lowest BCUT2D eigenvalue weighted by Gasteiger charge is -2.37. The zero-order chi connectivity index (χ0) is 15.3. The van der Waals surface area contributed by atoms with Crippen LogP contribution >= 0.6 is 15.9 Å². The number of hydrogen-bond donors (Lipinski definition) is 0. The zero-order valence-electron chi connectivity index (χ0n) is 11.8. The van der Waals surface area contributed by atoms with E-state index in [1.165, 1.54) is 17.1 Å². The number of rotatable bonds is 4. The van der Waals surface area contributed by atoms with Crippen molar-refractivity contribution in [2.75, 3.05) is 13.1 Å². The summed E-state index contributed by atoms with van der Waals surface area (Å²) >= 11 is 3.31. The van der Waals surface area contributed by atoms with Crippen molar-refractivity contribution in [1.29, 1.82) is 0 Å². The second-order valence-electron chi connectivity index (χ2n) is 5.80. The summed E-state index contributed by atoms with van der Waals surface area (Å²) in [6.07, 6.45) is 4.34. The second-order valence-corrected chi connectivity index (χ2v) is 8.56. The maximum atomic E-state index is 12.6. The molecule has 0 unspecified atom stereocenters. The summed E-state index contributed by atoms with van der Waals surface area (Å²) < 4.78 is 29.1. The van der Waals surface area contributed by atoms with Gasteiger partial charge in [0.1, 0.15) is 0 Å². The molecule has 0 spiro atoms. The highest BCUT2D eigenvalue weighted by molar-refractivity contribution is 9.10. The molecule has 2 fully saturated rings. The minimum absolute atomic E-state index is 0.0808. The van der Waals surface area contributed by atoms with E-state index in [0.29, 0.717) is 28.4 Å². The molecule has 2 aliphatic rings. The summed E-state index contributed by atoms with van der Waals surface area (Å²) in [4.78, 5) is 0.311. The third-order valence-corrected chi connectivity index (χ3v) is 7.02. The molecule has 1 aromatic carbocycles. The molecule has 1 saturated carbocycles. The summed E-state index contributed by atoms with van der Waals surface area (Å²) in [7, 11) is -3.45. The highest BCUT2D eigenvalue weighted by Crippen LogP contribution is 2.39. The molecule has 2 aromatic rings. The van der Waals surface area contributed by atoms with Gasteiger partial charge in [0.15, 0.2) is 0 Å². The molecule has 0 N–H and O–H groups in total. The average molecular weight is 383 g/mol. The normalized spacial score (nSPS) is 20.0. The predicted molar refractivity (Wildman–Crippen MR) is 83.9 cm³/mol. The Morgan fingerprint density at radius 1 is 1.18 bits per heavy atom. The van der Waals surface area contributed by atoms with Crippen LogP contribution < -0.4 is 0 Å². The lowest BCUT2D eigenvalue weighted by Crippen LogP contribution is -2.50. The lowest BCUT2D eigenvalue weighted by molar-refractivity contribution is 0.188. The lowest BCUT2D eigenvalue weighted by atomic mass is 10.2. The third-order valence-electron chi connectivity index (χ3n) is 4.18. The third kappa shape index (κ3) is 2.39. The van der Waals surface area contributed by atoms with Gasteiger partial charge in [0.25, 0.3) is 0 Å². The first-order valence-electron chi connectivity index (χ1n) is 7.22. The Bertz CT molecular complexity index is 810. The Morgan fingerprint density at radius 2 is 1.91 bits per heavy atom. The Labute approximate surface area is 137 Å². The fourth-order valence-electron chi connectivity index (χ4n) is 2.61. The Kier molecular flexibility index (Phi) is 3.35. The molecule has 8 heteroatoms. The standard InChI is InChI=1S/C14H15BrN4O2S/c15-12-3-1-2-4-14(12)22(20,21)18-7-11(8-18)19-9-13(16-17-19)10-5-6-10/h1-4,9-11H,5-8H2. The first kappa shape index (κ1) is 14.3. The van der Waals surface area contributed by atoms with Crippen LogP contribution in [0.3, 0.4) is 0 Å². The van der Waals surface area contributed by atoms with Gasteiger partial charge in [-0.15, -0.1) is 5.10 Å². The Hall–Kier alpha value is -1.25. The molecule has 0 radical (unpaired) electrons. The SMILES string of the molecule is O=S(=O)(c1ccccc1Br)N1CC(n2cc(C3CC3)nn2)C1. The molecule has 2 heterocycles. The molecule has 1 aliphatic heterocycles. The van der Waals surface area contributed by atoms with Gasteiger partial charge in [-0.05, 0) is 40.9 Å². The van der Waals surface area contributed by atoms with Crippen LogP contribution in [0.4, 0.5) is 0 Å². The molecule has 22 heavy (non-hydrogen) atoms. The summed E-state index contributed by atoms with van der Waals surface area (Å²) in [6, 6.07) is 6.97. The van der Waals surface area contributed by atoms with Gasteiger partial charge in [-0.25, -0.2) is 13.1 Å². The first-order chi connectivity index (χ1) is 10.6. The predicted octanol–water partition coefficient (Wildman–Crippen LogP) is 2.16. The van der Waals surface area contributed by atoms with E-state index in [1.54, 1.807) is 28.9 Å². The summed E-state index contributed by atoms with van der Waals surface area (Å²) in [5.74, 6) is 0.564. The van der Waals surface area contributed by atoms with Crippen LogP contribution in [0, 0.1) is 0 Å². The van der Waals surface area contributed by atoms with Gasteiger partial charge in [-0.1, -0.05) is 17.3 Å². The number of aromatic nitrogens is 3. The van der Waals surface area contributed by atoms with Crippen LogP contribution in [0.1, 0.15) is 30.5 Å². The van der Waals surface area contributed by atoms with Crippen molar-refractivity contribution in [3.05, 3.63) is 40.6 Å². The Balaban J connectivity index is 1.49. The smallest absolute Gasteiger partial charge is 0.244 e. The molecule has 0 amide bonds. The molecule has 1 aliphatic carbocycles. The van der Waals surface area contributed by atoms with E-state index in [9.17, 15) is 8.42 Å². The number of halogens is 1. The van der Waals surface area contributed by atoms with Crippen molar-refractivity contribution in [3.63, 3.8) is 0 Å². The van der Waals surface area contributed by atoms with Crippen LogP contribution in [-0.2, 0) is 10.0 Å². The maximum Gasteiger partial charge on any atom is 0.244 e. The van der Waals surface area contributed by atoms with Gasteiger partial charge >= 0.3 is 0 Å². The summed E-state index contributed by atoms with van der Waals surface area (Å²) in [5, 5.41) is 8.32. The first-order valence-corrected chi connectivity index (χ1v) is 9.45. The zero-order valence-corrected chi connectivity index (χ0v) is 14.2. The maximum absolute atomic E-state index is 12.6. The van der Waals surface area contributed by atoms with Gasteiger partial charge in [0.05, 0.1) is 16.6 Å². The highest BCUT2D eigenvalue weighted by atomic mass is 79.9. The number of nitrogens with zero attached hydrogens (tertiary/aromatic N) is 4. The van der Waals surface area contributed by atoms with Crippen LogP contribution in [0.2, 0.25) is 0 Å². The van der Waals surface area contributed by atoms with Crippen molar-refractivity contribution in [3.8, 4) is 0 Å². The van der Waals surface area contributed by atoms with E-state index in [1.807, 2.05) is 6.20 Å². The molecule has 6 nitrogen and oxygen atoms in total. The molecule has 116 valence electrons. The molecular weight excluding hydrogens is 368 g/mol. The fraction of sp³-hybridized carbons (Fsp3) is 0.429. The quantitative estimate of drug-likeness (QED) is 0.812. The molecular formula is C14H15BrN4O2S. The van der Waals surface area contributed by atoms with Crippen LogP contribution in [0.15, 0.2) is 39.8 Å². The largest absolute Gasteiger partial charge is 0.247 e. The Morgan fingerprint density at radius 3 is 2.59 bits per heavy atom. The number of benzene rings is 1. The number of sulfonamides is 1. The van der Waals surface area contributed by atoms with E-state index in [-0.39, 0.29) is 6.04 Å². The van der Waals surface area contributed by atoms with Crippen molar-refractivity contribution in [2.24, 2.45) is 0 Å². The van der Waals surface area contributed by atoms with Crippen molar-refractivity contribution in [1.82, 2.24) is 19.3 Å². The minimum Gasteiger partial charge on any atom is -0.247 e. The van der Waals surface area contributed by atoms with E-state index in [0.717, 1.165) is 5.69 Å². The van der Waals surface area contributed by atoms with Crippen molar-refractivity contribution >= 4 is 26.0 Å². The average Bonchev–Trinajstić information content (AvgIpc) is 3.17. The summed E-state index contributed by atoms with van der Waals surface area (Å²) in [5.41, 5.74) is 1.03. The van der Waals surface area contributed by atoms with Gasteiger partial charge in [-0.2, -0.15) is 4.31 Å². The van der Waals surface area contributed by atoms with E-state index >= 15 is 0 Å². The van der Waals surface area contributed by atoms with Crippen LogP contribution in [-0.4, -0.2) is 40.8 Å². The summed E-state index contributed by atoms with van der Waals surface area (Å²) in [6.45, 7) is 0.883. The molecule has 1 aromatic heterocycles. The van der Waals surface area contributed by atoms with Crippen LogP contribution in [0.25, 0.3) is 0 Å². The van der Waals surface area contributed by atoms with E-state index < -0.39 is 10.0 Å². The van der Waals surface area contributed by atoms with Crippen molar-refractivity contribution in [2.45, 2.75) is 29.7 Å². The van der Waals surface area contributed by atoms with Gasteiger partial charge in [-0.3, -0.25) is 0 Å². The van der Waals surface area contributed by atoms with Crippen LogP contribution in [0.5, 0.6) is 0 Å². The van der Waals surface area contributed by atoms with E-state index in [2.05, 4.69) is 26.2 Å². The van der Waals surface area contributed by atoms with Gasteiger partial charge in [0.2, 0.25) is 10.0 Å². The monoisotopic (exact) mass is 382 g/mol. The van der Waals surface area contributed by atoms with Crippen molar-refractivity contribution < 1.29 is 8.42 Å². The topological polar surface area (TPSA) is 68.1 Å². The molecule has 0 bridgehead atoms. The molecule has 4 rings (SSSR count). The second kappa shape index (κ2) is 5.14. The fourth-order valence-corrected chi connectivity index (χ4v) is 5.09. The van der Waals surface area contributed by atoms with E-state index in [4.69, 9.17) is 0 Å². The highest BCUT2D eigenvalue weighted by Gasteiger charge is 2.39. The molecule has 1 saturated heterocycles. The van der Waals surface area contributed by atoms with Gasteiger partial charge < -0.3 is 0 Å². The molecule has 0 atom stereocenters. The minimum atomic E-state index is -3.45. The van der Waals surface area contributed by atoms with Gasteiger partial charge in [0, 0.05) is 29.7 Å².